The van der Waals surface area contributed by atoms with Gasteiger partial charge in [0.1, 0.15) is 24.4 Å². The molecule has 0 aliphatic heterocycles. The molecule has 0 aliphatic rings. The molecule has 0 fully saturated rings. The largest absolute Gasteiger partial charge is 0.445 e. The van der Waals surface area contributed by atoms with E-state index in [2.05, 4.69) is 88.3 Å². The number of nitrogens with two attached hydrogens (primary N) is 1. The van der Waals surface area contributed by atoms with Crippen LogP contribution in [0, 0.1) is 11.3 Å². The summed E-state index contributed by atoms with van der Waals surface area (Å²) >= 11 is 3.21. The molecule has 1 aromatic heterocycles. The van der Waals surface area contributed by atoms with E-state index in [0.29, 0.717) is 180 Å². The fraction of sp³-hybridized carbons (Fsp3) is 0.774. The van der Waals surface area contributed by atoms with Gasteiger partial charge in [-0.1, -0.05) is 89.8 Å². The fourth-order valence-corrected chi connectivity index (χ4v) is 8.93. The predicted octanol–water partition coefficient (Wildman–Crippen LogP) is 4.89. The maximum Gasteiger partial charge on any atom is 0.407 e. The molecule has 0 saturated heterocycles. The first-order valence-corrected chi connectivity index (χ1v) is 33.9. The number of ether oxygens (including phenoxy) is 12. The molecule has 0 bridgehead atoms. The van der Waals surface area contributed by atoms with Gasteiger partial charge in [-0.15, -0.1) is 16.9 Å². The van der Waals surface area contributed by atoms with Crippen molar-refractivity contribution in [3.8, 4) is 0 Å². The summed E-state index contributed by atoms with van der Waals surface area (Å²) in [7, 11) is 0. The van der Waals surface area contributed by atoms with Crippen molar-refractivity contribution < 1.29 is 85.7 Å². The predicted molar refractivity (Wildman–Crippen MR) is 357 cm³/mol. The maximum atomic E-state index is 13.7. The van der Waals surface area contributed by atoms with E-state index in [9.17, 15) is 24.0 Å². The summed E-state index contributed by atoms with van der Waals surface area (Å²) in [5.74, 6) is -0.883. The Morgan fingerprint density at radius 3 is 1.58 bits per heavy atom. The Morgan fingerprint density at radius 2 is 1.12 bits per heavy atom. The standard InChI is InChI=1S/C62H111N11O18S2/c1-48(2)56(68-55(74)45-91-70-53(46-92-62(8,9)10)47-93-71-49(3)4)58(76)67-54(12-11-18-64-59(63)77)57(75)66-51-15-13-50(14-16-51)44-90-60(78)65-42-52-43-73(72-69-52)19-21-80-23-25-82-27-29-84-31-33-86-35-37-88-39-41-89-40-38-87-36-34-85-32-30-83-28-26-81-24-22-79-20-17-61(5,6)7/h13-16,43,48-49,54,56,71H,11-12,17-42,44-47H2,1-10H3,(H,65,78)(H,66,75)(H,67,76)(H,68,74)(H3,63,64,77)/b70-53-/t54-,56-/m0/s1. The molecule has 1 heterocycles. The Hall–Kier alpha value is -5.00. The van der Waals surface area contributed by atoms with E-state index in [1.54, 1.807) is 60.8 Å². The molecule has 31 heteroatoms. The van der Waals surface area contributed by atoms with Crippen molar-refractivity contribution in [2.45, 2.75) is 131 Å². The van der Waals surface area contributed by atoms with Gasteiger partial charge >= 0.3 is 12.1 Å². The molecule has 0 aliphatic carbocycles. The molecule has 0 spiro atoms. The van der Waals surface area contributed by atoms with E-state index in [1.807, 2.05) is 13.8 Å². The second-order valence-corrected chi connectivity index (χ2v) is 26.4. The number of primary amides is 1. The number of carbonyl (C=O) groups excluding carboxylic acids is 5. The van der Waals surface area contributed by atoms with Crippen molar-refractivity contribution in [1.82, 2.24) is 41.0 Å². The third-order valence-corrected chi connectivity index (χ3v) is 14.7. The molecule has 93 heavy (non-hydrogen) atoms. The lowest BCUT2D eigenvalue weighted by Crippen LogP contribution is -2.55. The van der Waals surface area contributed by atoms with Crippen LogP contribution in [0.1, 0.15) is 99.8 Å². The number of thioether (sulfide) groups is 1. The zero-order chi connectivity index (χ0) is 68.2. The van der Waals surface area contributed by atoms with Gasteiger partial charge in [-0.2, -0.15) is 0 Å². The Bertz CT molecular complexity index is 2300. The normalized spacial score (nSPS) is 12.7. The van der Waals surface area contributed by atoms with Crippen LogP contribution in [-0.2, 0) is 95.8 Å². The van der Waals surface area contributed by atoms with Crippen LogP contribution in [0.4, 0.5) is 15.3 Å². The molecule has 2 rings (SSSR count). The molecular formula is C62H111N11O18S2. The van der Waals surface area contributed by atoms with Crippen LogP contribution >= 0.6 is 23.7 Å². The van der Waals surface area contributed by atoms with E-state index < -0.39 is 48.5 Å². The number of nitrogens with zero attached hydrogens (tertiary/aromatic N) is 4. The number of alkyl carbamates (subject to hydrolysis) is 1. The van der Waals surface area contributed by atoms with Gasteiger partial charge in [-0.05, 0) is 62.1 Å². The summed E-state index contributed by atoms with van der Waals surface area (Å²) in [6.45, 7) is 31.4. The van der Waals surface area contributed by atoms with Gasteiger partial charge in [0.25, 0.3) is 5.91 Å². The second-order valence-electron chi connectivity index (χ2n) is 23.8. The van der Waals surface area contributed by atoms with Crippen molar-refractivity contribution in [2.24, 2.45) is 22.2 Å². The van der Waals surface area contributed by atoms with Crippen LogP contribution in [0.5, 0.6) is 0 Å². The van der Waals surface area contributed by atoms with Crippen molar-refractivity contribution in [1.29, 1.82) is 0 Å². The summed E-state index contributed by atoms with van der Waals surface area (Å²) < 4.78 is 71.3. The minimum Gasteiger partial charge on any atom is -0.445 e. The summed E-state index contributed by atoms with van der Waals surface area (Å²) in [5, 5.41) is 25.9. The number of rotatable bonds is 58. The molecule has 0 saturated carbocycles. The highest BCUT2D eigenvalue weighted by atomic mass is 32.2. The highest BCUT2D eigenvalue weighted by molar-refractivity contribution is 8.01. The van der Waals surface area contributed by atoms with E-state index in [0.717, 1.165) is 18.7 Å². The van der Waals surface area contributed by atoms with Crippen LogP contribution in [0.3, 0.4) is 0 Å². The highest BCUT2D eigenvalue weighted by Gasteiger charge is 2.29. The highest BCUT2D eigenvalue weighted by Crippen LogP contribution is 2.24. The second kappa shape index (κ2) is 53.2. The zero-order valence-electron chi connectivity index (χ0n) is 56.9. The van der Waals surface area contributed by atoms with Gasteiger partial charge in [0.2, 0.25) is 11.8 Å². The average molecular weight is 1360 g/mol. The van der Waals surface area contributed by atoms with Crippen LogP contribution in [0.2, 0.25) is 0 Å². The van der Waals surface area contributed by atoms with Crippen LogP contribution in [0.25, 0.3) is 0 Å². The summed E-state index contributed by atoms with van der Waals surface area (Å²) in [5.41, 5.74) is 7.84. The third-order valence-electron chi connectivity index (χ3n) is 12.3. The maximum absolute atomic E-state index is 13.7. The summed E-state index contributed by atoms with van der Waals surface area (Å²) in [6, 6.07) is 4.08. The Morgan fingerprint density at radius 1 is 0.624 bits per heavy atom. The number of amides is 6. The quantitative estimate of drug-likeness (QED) is 0.0201. The van der Waals surface area contributed by atoms with Gasteiger partial charge in [-0.25, -0.2) is 14.3 Å². The molecule has 0 unspecified atom stereocenters. The number of hydrogen-bond donors (Lipinski definition) is 7. The number of hydrogen-bond acceptors (Lipinski definition) is 24. The van der Waals surface area contributed by atoms with Gasteiger partial charge in [0.05, 0.1) is 169 Å². The van der Waals surface area contributed by atoms with Gasteiger partial charge in [-0.3, -0.25) is 19.1 Å². The lowest BCUT2D eigenvalue weighted by molar-refractivity contribution is -0.133. The molecule has 1 aromatic carbocycles. The summed E-state index contributed by atoms with van der Waals surface area (Å²) in [6.07, 6.45) is 2.48. The monoisotopic (exact) mass is 1360 g/mol. The lowest BCUT2D eigenvalue weighted by Gasteiger charge is -2.25. The molecule has 8 N–H and O–H groups in total. The molecule has 534 valence electrons. The first kappa shape index (κ1) is 84.1. The molecule has 2 atom stereocenters. The lowest BCUT2D eigenvalue weighted by atomic mass is 9.93. The van der Waals surface area contributed by atoms with E-state index in [1.165, 1.54) is 11.9 Å². The first-order chi connectivity index (χ1) is 44.6. The molecule has 6 amide bonds. The Balaban J connectivity index is 1.52. The average Bonchev–Trinajstić information content (AvgIpc) is 1.53. The SMILES string of the molecule is CC(C)NSC/C(CSC(C)(C)C)=N\OCC(=O)N[C@H](C(=O)N[C@@H](CCCNC(N)=O)C(=O)Nc1ccc(COC(=O)NCc2cn(CCOCCOCCOCCOCCOCCOCCOCCOCCOCCOCCOCCC(C)(C)C)nn2)cc1)C(C)C. The zero-order valence-corrected chi connectivity index (χ0v) is 58.5. The minimum absolute atomic E-state index is 0.00329. The van der Waals surface area contributed by atoms with Gasteiger partial charge in [0.15, 0.2) is 6.61 Å². The van der Waals surface area contributed by atoms with Crippen LogP contribution in [-0.4, -0.2) is 243 Å². The Labute approximate surface area is 559 Å². The van der Waals surface area contributed by atoms with Crippen LogP contribution < -0.4 is 37.0 Å². The van der Waals surface area contributed by atoms with Crippen molar-refractivity contribution in [2.75, 3.05) is 175 Å². The van der Waals surface area contributed by atoms with E-state index in [4.69, 9.17) is 67.4 Å². The topological polar surface area (TPSA) is 347 Å². The number of anilines is 1. The van der Waals surface area contributed by atoms with Crippen molar-refractivity contribution in [3.05, 3.63) is 41.7 Å². The number of benzene rings is 1. The number of oxime groups is 1. The smallest absolute Gasteiger partial charge is 0.407 e. The Kier molecular flexibility index (Phi) is 48.1. The van der Waals surface area contributed by atoms with Crippen LogP contribution in [0.15, 0.2) is 35.6 Å². The third kappa shape index (κ3) is 50.1. The number of aromatic nitrogens is 3. The van der Waals surface area contributed by atoms with E-state index in [-0.39, 0.29) is 48.2 Å². The van der Waals surface area contributed by atoms with Crippen molar-refractivity contribution in [3.63, 3.8) is 0 Å². The van der Waals surface area contributed by atoms with E-state index >= 15 is 0 Å². The number of nitrogens with one attached hydrogen (secondary N) is 6. The summed E-state index contributed by atoms with van der Waals surface area (Å²) in [4.78, 5) is 69.8. The van der Waals surface area contributed by atoms with Gasteiger partial charge < -0.3 is 94.0 Å². The molecule has 2 aromatic rings. The first-order valence-electron chi connectivity index (χ1n) is 32.0. The fourth-order valence-electron chi connectivity index (χ4n) is 7.31. The van der Waals surface area contributed by atoms with Crippen molar-refractivity contribution >= 4 is 65.0 Å². The molecular weight excluding hydrogens is 1250 g/mol. The minimum atomic E-state index is -1.06. The molecule has 29 nitrogen and oxygen atoms in total. The molecule has 0 radical (unpaired) electrons. The number of urea groups is 1. The number of carbonyl (C=O) groups is 5. The van der Waals surface area contributed by atoms with Gasteiger partial charge in [0, 0.05) is 35.4 Å².